The Balaban J connectivity index is 0.00000112. The van der Waals surface area contributed by atoms with Crippen LogP contribution in [0.1, 0.15) is 0 Å². The second-order valence-corrected chi connectivity index (χ2v) is 2.73. The summed E-state index contributed by atoms with van der Waals surface area (Å²) in [6.45, 7) is 0. The molecule has 15 heavy (non-hydrogen) atoms. The maximum Gasteiger partial charge on any atom is 0.170 e. The molecule has 0 radical (unpaired) electrons. The molecule has 0 spiro atoms. The number of aromatic nitrogens is 2. The first kappa shape index (κ1) is 11.4. The molecule has 0 saturated carbocycles. The summed E-state index contributed by atoms with van der Waals surface area (Å²) in [5.41, 5.74) is 4.96. The molecule has 0 saturated heterocycles. The topological polar surface area (TPSA) is 102 Å². The van der Waals surface area contributed by atoms with Gasteiger partial charge in [0.2, 0.25) is 0 Å². The number of anilines is 2. The number of hydrazine groups is 2. The van der Waals surface area contributed by atoms with Gasteiger partial charge in [0.1, 0.15) is 0 Å². The Hall–Kier alpha value is -1.63. The molecule has 6 nitrogen and oxygen atoms in total. The van der Waals surface area contributed by atoms with Crippen LogP contribution < -0.4 is 22.5 Å². The summed E-state index contributed by atoms with van der Waals surface area (Å²) >= 11 is 0. The first-order valence-corrected chi connectivity index (χ1v) is 4.05. The molecule has 80 valence electrons. The molecular formula is C8H11ClN6. The Morgan fingerprint density at radius 2 is 1.27 bits per heavy atom. The fraction of sp³-hybridized carbons (Fsp3) is 0. The van der Waals surface area contributed by atoms with E-state index in [2.05, 4.69) is 21.0 Å². The van der Waals surface area contributed by atoms with E-state index < -0.39 is 0 Å². The number of halogens is 1. The minimum atomic E-state index is 0. The number of fused-ring (bicyclic) bond motifs is 1. The van der Waals surface area contributed by atoms with Crippen LogP contribution in [-0.2, 0) is 0 Å². The third-order valence-corrected chi connectivity index (χ3v) is 1.96. The Kier molecular flexibility index (Phi) is 3.62. The first-order chi connectivity index (χ1) is 6.86. The first-order valence-electron chi connectivity index (χ1n) is 4.05. The van der Waals surface area contributed by atoms with Crippen molar-refractivity contribution in [2.75, 3.05) is 10.9 Å². The normalized spacial score (nSPS) is 9.47. The van der Waals surface area contributed by atoms with Gasteiger partial charge in [-0.15, -0.1) is 22.6 Å². The van der Waals surface area contributed by atoms with Gasteiger partial charge >= 0.3 is 0 Å². The summed E-state index contributed by atoms with van der Waals surface area (Å²) in [5, 5.41) is 9.48. The van der Waals surface area contributed by atoms with Gasteiger partial charge in [-0.05, 0) is 0 Å². The highest BCUT2D eigenvalue weighted by molar-refractivity contribution is 5.97. The molecule has 0 amide bonds. The van der Waals surface area contributed by atoms with Crippen molar-refractivity contribution in [3.05, 3.63) is 24.3 Å². The van der Waals surface area contributed by atoms with E-state index in [4.69, 9.17) is 11.7 Å². The zero-order valence-electron chi connectivity index (χ0n) is 7.77. The summed E-state index contributed by atoms with van der Waals surface area (Å²) in [7, 11) is 0. The Bertz CT molecular complexity index is 417. The van der Waals surface area contributed by atoms with Crippen LogP contribution in [0.25, 0.3) is 10.8 Å². The van der Waals surface area contributed by atoms with Crippen molar-refractivity contribution in [3.8, 4) is 0 Å². The SMILES string of the molecule is Cl.NNc1nnc(NN)c2ccccc12. The summed E-state index contributed by atoms with van der Waals surface area (Å²) < 4.78 is 0. The van der Waals surface area contributed by atoms with Gasteiger partial charge in [-0.25, -0.2) is 11.7 Å². The van der Waals surface area contributed by atoms with Gasteiger partial charge < -0.3 is 10.9 Å². The van der Waals surface area contributed by atoms with Gasteiger partial charge in [-0.2, -0.15) is 0 Å². The Morgan fingerprint density at radius 3 is 1.60 bits per heavy atom. The highest BCUT2D eigenvalue weighted by atomic mass is 35.5. The number of hydrogen-bond acceptors (Lipinski definition) is 6. The van der Waals surface area contributed by atoms with Crippen LogP contribution in [-0.4, -0.2) is 10.2 Å². The molecule has 1 aromatic heterocycles. The van der Waals surface area contributed by atoms with Crippen molar-refractivity contribution < 1.29 is 0 Å². The number of nitrogens with two attached hydrogens (primary N) is 2. The monoisotopic (exact) mass is 226 g/mol. The molecule has 0 aliphatic rings. The summed E-state index contributed by atoms with van der Waals surface area (Å²) in [5.74, 6) is 11.7. The van der Waals surface area contributed by atoms with E-state index >= 15 is 0 Å². The largest absolute Gasteiger partial charge is 0.306 e. The summed E-state index contributed by atoms with van der Waals surface area (Å²) in [4.78, 5) is 0. The molecule has 1 heterocycles. The average molecular weight is 227 g/mol. The van der Waals surface area contributed by atoms with Crippen LogP contribution in [0.5, 0.6) is 0 Å². The zero-order valence-corrected chi connectivity index (χ0v) is 8.58. The summed E-state index contributed by atoms with van der Waals surface area (Å²) in [6, 6.07) is 7.57. The van der Waals surface area contributed by atoms with E-state index in [-0.39, 0.29) is 12.4 Å². The Labute approximate surface area is 92.4 Å². The minimum Gasteiger partial charge on any atom is -0.306 e. The van der Waals surface area contributed by atoms with Crippen molar-refractivity contribution in [2.45, 2.75) is 0 Å². The molecule has 0 aliphatic heterocycles. The van der Waals surface area contributed by atoms with E-state index in [0.717, 1.165) is 10.8 Å². The van der Waals surface area contributed by atoms with Crippen LogP contribution in [0, 0.1) is 0 Å². The molecule has 2 aromatic rings. The number of nitrogen functional groups attached to an aromatic ring is 2. The number of nitrogens with zero attached hydrogens (tertiary/aromatic N) is 2. The van der Waals surface area contributed by atoms with Gasteiger partial charge in [0.05, 0.1) is 0 Å². The maximum atomic E-state index is 5.30. The van der Waals surface area contributed by atoms with E-state index in [9.17, 15) is 0 Å². The van der Waals surface area contributed by atoms with E-state index in [1.807, 2.05) is 24.3 Å². The lowest BCUT2D eigenvalue weighted by Crippen LogP contribution is -2.13. The van der Waals surface area contributed by atoms with Crippen molar-refractivity contribution in [2.24, 2.45) is 11.7 Å². The van der Waals surface area contributed by atoms with Gasteiger partial charge in [0, 0.05) is 10.8 Å². The van der Waals surface area contributed by atoms with Crippen LogP contribution in [0.15, 0.2) is 24.3 Å². The van der Waals surface area contributed by atoms with Crippen LogP contribution in [0.4, 0.5) is 11.6 Å². The van der Waals surface area contributed by atoms with Crippen LogP contribution >= 0.6 is 12.4 Å². The highest BCUT2D eigenvalue weighted by Crippen LogP contribution is 2.24. The number of benzene rings is 1. The second-order valence-electron chi connectivity index (χ2n) is 2.73. The number of hydrogen-bond donors (Lipinski definition) is 4. The summed E-state index contributed by atoms with van der Waals surface area (Å²) in [6.07, 6.45) is 0. The molecule has 6 N–H and O–H groups in total. The van der Waals surface area contributed by atoms with Gasteiger partial charge in [-0.3, -0.25) is 0 Å². The van der Waals surface area contributed by atoms with Crippen LogP contribution in [0.3, 0.4) is 0 Å². The quantitative estimate of drug-likeness (QED) is 0.442. The molecule has 0 fully saturated rings. The fourth-order valence-corrected chi connectivity index (χ4v) is 1.32. The highest BCUT2D eigenvalue weighted by Gasteiger charge is 2.05. The van der Waals surface area contributed by atoms with Crippen molar-refractivity contribution in [1.29, 1.82) is 0 Å². The minimum absolute atomic E-state index is 0. The zero-order chi connectivity index (χ0) is 9.97. The van der Waals surface area contributed by atoms with Crippen molar-refractivity contribution in [1.82, 2.24) is 10.2 Å². The van der Waals surface area contributed by atoms with Gasteiger partial charge in [0.25, 0.3) is 0 Å². The van der Waals surface area contributed by atoms with E-state index in [1.165, 1.54) is 0 Å². The molecule has 0 unspecified atom stereocenters. The molecule has 7 heteroatoms. The molecule has 0 aliphatic carbocycles. The predicted octanol–water partition coefficient (Wildman–Crippen LogP) is 0.623. The smallest absolute Gasteiger partial charge is 0.170 e. The number of nitrogens with one attached hydrogen (secondary N) is 2. The number of rotatable bonds is 2. The lowest BCUT2D eigenvalue weighted by atomic mass is 10.2. The second kappa shape index (κ2) is 4.74. The Morgan fingerprint density at radius 1 is 0.867 bits per heavy atom. The van der Waals surface area contributed by atoms with E-state index in [1.54, 1.807) is 0 Å². The molecule has 0 atom stereocenters. The fourth-order valence-electron chi connectivity index (χ4n) is 1.32. The van der Waals surface area contributed by atoms with Crippen LogP contribution in [0.2, 0.25) is 0 Å². The molecule has 0 bridgehead atoms. The average Bonchev–Trinajstić information content (AvgIpc) is 2.27. The van der Waals surface area contributed by atoms with Gasteiger partial charge in [-0.1, -0.05) is 24.3 Å². The van der Waals surface area contributed by atoms with Crippen molar-refractivity contribution in [3.63, 3.8) is 0 Å². The third kappa shape index (κ3) is 1.91. The standard InChI is InChI=1S/C8H10N6.ClH/c9-11-7-5-3-1-2-4-6(5)8(12-10)14-13-7;/h1-4H,9-10H2,(H,11,13)(H,12,14);1H. The predicted molar refractivity (Wildman–Crippen MR) is 62.4 cm³/mol. The maximum absolute atomic E-state index is 5.30. The lowest BCUT2D eigenvalue weighted by molar-refractivity contribution is 1.03. The molecular weight excluding hydrogens is 216 g/mol. The lowest BCUT2D eigenvalue weighted by Gasteiger charge is -2.06. The molecule has 2 rings (SSSR count). The molecule has 1 aromatic carbocycles. The third-order valence-electron chi connectivity index (χ3n) is 1.96. The van der Waals surface area contributed by atoms with Crippen molar-refractivity contribution >= 4 is 34.8 Å². The van der Waals surface area contributed by atoms with E-state index in [0.29, 0.717) is 11.6 Å². The van der Waals surface area contributed by atoms with Gasteiger partial charge in [0.15, 0.2) is 11.6 Å².